The predicted octanol–water partition coefficient (Wildman–Crippen LogP) is 3.83. The zero-order chi connectivity index (χ0) is 16.1. The summed E-state index contributed by atoms with van der Waals surface area (Å²) in [5, 5.41) is 7.43. The first kappa shape index (κ1) is 16.6. The number of hydrogen-bond donors (Lipinski definition) is 1. The third-order valence-electron chi connectivity index (χ3n) is 2.65. The van der Waals surface area contributed by atoms with E-state index in [1.54, 1.807) is 25.1 Å². The standard InChI is InChI=1S/C14H14Cl2N2O4/c1-3-21-14(19)12-11(7-20-2)13(18-17-12)22-10-5-8(15)4-9(16)6-10/h4-6H,3,7H2,1-2H3,(H,17,18). The third-order valence-corrected chi connectivity index (χ3v) is 3.08. The maximum absolute atomic E-state index is 11.9. The number of esters is 1. The zero-order valence-electron chi connectivity index (χ0n) is 12.0. The summed E-state index contributed by atoms with van der Waals surface area (Å²) in [6.07, 6.45) is 0. The Bertz CT molecular complexity index is 653. The number of carbonyl (C=O) groups excluding carboxylic acids is 1. The van der Waals surface area contributed by atoms with Gasteiger partial charge in [-0.15, -0.1) is 5.10 Å². The maximum atomic E-state index is 11.9. The highest BCUT2D eigenvalue weighted by atomic mass is 35.5. The van der Waals surface area contributed by atoms with Gasteiger partial charge in [0.05, 0.1) is 18.8 Å². The van der Waals surface area contributed by atoms with E-state index in [1.165, 1.54) is 7.11 Å². The molecule has 2 rings (SSSR count). The highest BCUT2D eigenvalue weighted by Crippen LogP contribution is 2.30. The van der Waals surface area contributed by atoms with Crippen molar-refractivity contribution in [3.63, 3.8) is 0 Å². The van der Waals surface area contributed by atoms with Crippen LogP contribution in [0.3, 0.4) is 0 Å². The minimum atomic E-state index is -0.527. The van der Waals surface area contributed by atoms with Crippen molar-refractivity contribution < 1.29 is 19.0 Å². The molecule has 0 unspecified atom stereocenters. The summed E-state index contributed by atoms with van der Waals surface area (Å²) in [6.45, 7) is 2.11. The van der Waals surface area contributed by atoms with Crippen LogP contribution in [-0.4, -0.2) is 29.9 Å². The van der Waals surface area contributed by atoms with Crippen molar-refractivity contribution in [2.45, 2.75) is 13.5 Å². The number of carbonyl (C=O) groups is 1. The van der Waals surface area contributed by atoms with Crippen molar-refractivity contribution in [2.24, 2.45) is 0 Å². The number of ether oxygens (including phenoxy) is 3. The Morgan fingerprint density at radius 1 is 1.27 bits per heavy atom. The van der Waals surface area contributed by atoms with Gasteiger partial charge in [0.2, 0.25) is 5.88 Å². The molecule has 8 heteroatoms. The summed E-state index contributed by atoms with van der Waals surface area (Å²) >= 11 is 11.8. The predicted molar refractivity (Wildman–Crippen MR) is 81.8 cm³/mol. The van der Waals surface area contributed by atoms with Gasteiger partial charge in [-0.1, -0.05) is 23.2 Å². The topological polar surface area (TPSA) is 73.4 Å². The molecule has 1 N–H and O–H groups in total. The molecule has 0 saturated carbocycles. The van der Waals surface area contributed by atoms with Crippen molar-refractivity contribution in [1.82, 2.24) is 10.2 Å². The fourth-order valence-electron chi connectivity index (χ4n) is 1.78. The largest absolute Gasteiger partial charge is 0.461 e. The number of hydrogen-bond acceptors (Lipinski definition) is 5. The molecule has 0 bridgehead atoms. The summed E-state index contributed by atoms with van der Waals surface area (Å²) in [6, 6.07) is 4.76. The van der Waals surface area contributed by atoms with Crippen molar-refractivity contribution >= 4 is 29.2 Å². The molecule has 22 heavy (non-hydrogen) atoms. The Labute approximate surface area is 137 Å². The summed E-state index contributed by atoms with van der Waals surface area (Å²) in [5.74, 6) is 0.0704. The molecule has 1 aromatic heterocycles. The minimum Gasteiger partial charge on any atom is -0.461 e. The minimum absolute atomic E-state index is 0.133. The van der Waals surface area contributed by atoms with Gasteiger partial charge in [-0.2, -0.15) is 0 Å². The van der Waals surface area contributed by atoms with E-state index in [2.05, 4.69) is 10.2 Å². The fourth-order valence-corrected chi connectivity index (χ4v) is 2.29. The van der Waals surface area contributed by atoms with Crippen LogP contribution in [0.5, 0.6) is 11.6 Å². The molecule has 0 aliphatic carbocycles. The molecule has 1 aromatic carbocycles. The monoisotopic (exact) mass is 344 g/mol. The molecule has 2 aromatic rings. The van der Waals surface area contributed by atoms with Crippen LogP contribution >= 0.6 is 23.2 Å². The Morgan fingerprint density at radius 3 is 2.55 bits per heavy atom. The van der Waals surface area contributed by atoms with E-state index < -0.39 is 5.97 Å². The Balaban J connectivity index is 2.32. The molecule has 0 spiro atoms. The van der Waals surface area contributed by atoms with Crippen molar-refractivity contribution in [3.8, 4) is 11.6 Å². The fraction of sp³-hybridized carbons (Fsp3) is 0.286. The second-order valence-electron chi connectivity index (χ2n) is 4.24. The van der Waals surface area contributed by atoms with E-state index in [1.807, 2.05) is 0 Å². The van der Waals surface area contributed by atoms with Gasteiger partial charge in [0, 0.05) is 17.2 Å². The van der Waals surface area contributed by atoms with E-state index in [4.69, 9.17) is 37.4 Å². The molecule has 1 heterocycles. The van der Waals surface area contributed by atoms with E-state index in [-0.39, 0.29) is 24.8 Å². The van der Waals surface area contributed by atoms with E-state index in [0.29, 0.717) is 21.4 Å². The van der Waals surface area contributed by atoms with Crippen LogP contribution in [0.4, 0.5) is 0 Å². The average molecular weight is 345 g/mol. The van der Waals surface area contributed by atoms with Gasteiger partial charge in [-0.3, -0.25) is 5.10 Å². The van der Waals surface area contributed by atoms with Gasteiger partial charge in [0.25, 0.3) is 0 Å². The van der Waals surface area contributed by atoms with Crippen LogP contribution in [0.1, 0.15) is 23.0 Å². The van der Waals surface area contributed by atoms with Crippen LogP contribution in [0.25, 0.3) is 0 Å². The number of methoxy groups -OCH3 is 1. The lowest BCUT2D eigenvalue weighted by atomic mass is 10.2. The zero-order valence-corrected chi connectivity index (χ0v) is 13.5. The lowest BCUT2D eigenvalue weighted by molar-refractivity contribution is 0.0514. The van der Waals surface area contributed by atoms with E-state index in [0.717, 1.165) is 0 Å². The Hall–Kier alpha value is -1.76. The number of aromatic nitrogens is 2. The second-order valence-corrected chi connectivity index (χ2v) is 5.12. The molecule has 118 valence electrons. The van der Waals surface area contributed by atoms with Gasteiger partial charge in [0.1, 0.15) is 5.75 Å². The quantitative estimate of drug-likeness (QED) is 0.806. The van der Waals surface area contributed by atoms with E-state index in [9.17, 15) is 4.79 Å². The number of H-pyrrole nitrogens is 1. The number of aromatic amines is 1. The van der Waals surface area contributed by atoms with E-state index >= 15 is 0 Å². The van der Waals surface area contributed by atoms with Crippen molar-refractivity contribution in [3.05, 3.63) is 39.5 Å². The maximum Gasteiger partial charge on any atom is 0.356 e. The van der Waals surface area contributed by atoms with Crippen LogP contribution < -0.4 is 4.74 Å². The number of nitrogens with zero attached hydrogens (tertiary/aromatic N) is 1. The molecule has 0 saturated heterocycles. The van der Waals surface area contributed by atoms with Crippen LogP contribution in [0.2, 0.25) is 10.0 Å². The van der Waals surface area contributed by atoms with Crippen LogP contribution in [0.15, 0.2) is 18.2 Å². The molecular formula is C14H14Cl2N2O4. The SMILES string of the molecule is CCOC(=O)c1[nH]nc(Oc2cc(Cl)cc(Cl)c2)c1COC. The molecule has 0 aliphatic rings. The van der Waals surface area contributed by atoms with Crippen LogP contribution in [-0.2, 0) is 16.1 Å². The van der Waals surface area contributed by atoms with Gasteiger partial charge in [-0.05, 0) is 25.1 Å². The molecule has 6 nitrogen and oxygen atoms in total. The third kappa shape index (κ3) is 3.91. The number of benzene rings is 1. The first-order valence-corrected chi connectivity index (χ1v) is 7.18. The van der Waals surface area contributed by atoms with Gasteiger partial charge < -0.3 is 14.2 Å². The first-order valence-electron chi connectivity index (χ1n) is 6.42. The Kier molecular flexibility index (Phi) is 5.65. The smallest absolute Gasteiger partial charge is 0.356 e. The van der Waals surface area contributed by atoms with Gasteiger partial charge in [-0.25, -0.2) is 4.79 Å². The highest BCUT2D eigenvalue weighted by Gasteiger charge is 2.22. The van der Waals surface area contributed by atoms with Crippen LogP contribution in [0, 0.1) is 0 Å². The van der Waals surface area contributed by atoms with Crippen molar-refractivity contribution in [1.29, 1.82) is 0 Å². The summed E-state index contributed by atoms with van der Waals surface area (Å²) in [7, 11) is 1.50. The molecule has 0 radical (unpaired) electrons. The van der Waals surface area contributed by atoms with Gasteiger partial charge >= 0.3 is 5.97 Å². The highest BCUT2D eigenvalue weighted by molar-refractivity contribution is 6.34. The van der Waals surface area contributed by atoms with Gasteiger partial charge in [0.15, 0.2) is 5.69 Å². The summed E-state index contributed by atoms with van der Waals surface area (Å²) < 4.78 is 15.7. The normalized spacial score (nSPS) is 10.5. The lowest BCUT2D eigenvalue weighted by Gasteiger charge is -2.07. The average Bonchev–Trinajstić information content (AvgIpc) is 2.81. The first-order chi connectivity index (χ1) is 10.5. The molecule has 0 atom stereocenters. The second kappa shape index (κ2) is 7.49. The molecule has 0 fully saturated rings. The lowest BCUT2D eigenvalue weighted by Crippen LogP contribution is -2.08. The summed E-state index contributed by atoms with van der Waals surface area (Å²) in [5.41, 5.74) is 0.642. The van der Waals surface area contributed by atoms with Crippen molar-refractivity contribution in [2.75, 3.05) is 13.7 Å². The molecular weight excluding hydrogens is 331 g/mol. The number of rotatable bonds is 6. The molecule has 0 amide bonds. The molecule has 0 aliphatic heterocycles. The number of halogens is 2. The number of nitrogens with one attached hydrogen (secondary N) is 1. The Morgan fingerprint density at radius 2 is 1.95 bits per heavy atom. The summed E-state index contributed by atoms with van der Waals surface area (Å²) in [4.78, 5) is 11.9.